The third kappa shape index (κ3) is 2.71. The lowest BCUT2D eigenvalue weighted by Crippen LogP contribution is -2.24. The van der Waals surface area contributed by atoms with Crippen molar-refractivity contribution in [2.75, 3.05) is 32.1 Å². The molecule has 110 valence electrons. The lowest BCUT2D eigenvalue weighted by molar-refractivity contribution is 0.101. The van der Waals surface area contributed by atoms with E-state index in [0.29, 0.717) is 5.56 Å². The molecule has 0 N–H and O–H groups in total. The smallest absolute Gasteiger partial charge is 0.242 e. The SMILES string of the molecule is CC(=O)c1cc(S(=O)(=O)N(C)C)ccc1N1CCCC1. The summed E-state index contributed by atoms with van der Waals surface area (Å²) >= 11 is 0. The van der Waals surface area contributed by atoms with E-state index in [-0.39, 0.29) is 10.7 Å². The number of sulfonamides is 1. The Hall–Kier alpha value is -1.40. The van der Waals surface area contributed by atoms with Gasteiger partial charge in [-0.1, -0.05) is 0 Å². The van der Waals surface area contributed by atoms with Gasteiger partial charge in [0.15, 0.2) is 5.78 Å². The van der Waals surface area contributed by atoms with Crippen molar-refractivity contribution in [3.05, 3.63) is 23.8 Å². The number of anilines is 1. The van der Waals surface area contributed by atoms with E-state index in [2.05, 4.69) is 4.90 Å². The van der Waals surface area contributed by atoms with E-state index < -0.39 is 10.0 Å². The summed E-state index contributed by atoms with van der Waals surface area (Å²) in [6.07, 6.45) is 2.21. The van der Waals surface area contributed by atoms with E-state index in [4.69, 9.17) is 0 Å². The summed E-state index contributed by atoms with van der Waals surface area (Å²) in [5, 5.41) is 0. The minimum Gasteiger partial charge on any atom is -0.371 e. The average Bonchev–Trinajstić information content (AvgIpc) is 2.91. The maximum Gasteiger partial charge on any atom is 0.242 e. The van der Waals surface area contributed by atoms with Gasteiger partial charge in [0, 0.05) is 38.4 Å². The van der Waals surface area contributed by atoms with E-state index in [1.54, 1.807) is 12.1 Å². The minimum atomic E-state index is -3.51. The van der Waals surface area contributed by atoms with E-state index in [1.165, 1.54) is 27.1 Å². The van der Waals surface area contributed by atoms with Gasteiger partial charge < -0.3 is 4.90 Å². The predicted octanol–water partition coefficient (Wildman–Crippen LogP) is 1.74. The molecule has 1 fully saturated rings. The molecular formula is C14H20N2O3S. The number of Topliss-reactive ketones (excluding diaryl/α,β-unsaturated/α-hetero) is 1. The first-order valence-electron chi connectivity index (χ1n) is 6.66. The highest BCUT2D eigenvalue weighted by Gasteiger charge is 2.23. The Kier molecular flexibility index (Phi) is 4.15. The minimum absolute atomic E-state index is 0.109. The summed E-state index contributed by atoms with van der Waals surface area (Å²) in [7, 11) is -0.544. The van der Waals surface area contributed by atoms with Crippen LogP contribution < -0.4 is 4.90 Å². The summed E-state index contributed by atoms with van der Waals surface area (Å²) in [5.41, 5.74) is 1.32. The van der Waals surface area contributed by atoms with Crippen LogP contribution in [0.25, 0.3) is 0 Å². The summed E-state index contributed by atoms with van der Waals surface area (Å²) in [4.78, 5) is 14.1. The Balaban J connectivity index is 2.51. The van der Waals surface area contributed by atoms with Crippen LogP contribution in [0, 0.1) is 0 Å². The fraction of sp³-hybridized carbons (Fsp3) is 0.500. The molecule has 1 aromatic carbocycles. The molecular weight excluding hydrogens is 276 g/mol. The quantitative estimate of drug-likeness (QED) is 0.794. The fourth-order valence-electron chi connectivity index (χ4n) is 2.40. The highest BCUT2D eigenvalue weighted by atomic mass is 32.2. The van der Waals surface area contributed by atoms with Crippen molar-refractivity contribution in [2.24, 2.45) is 0 Å². The Morgan fingerprint density at radius 3 is 2.30 bits per heavy atom. The molecule has 2 rings (SSSR count). The molecule has 1 aromatic rings. The monoisotopic (exact) mass is 296 g/mol. The Morgan fingerprint density at radius 2 is 1.80 bits per heavy atom. The van der Waals surface area contributed by atoms with Gasteiger partial charge in [-0.25, -0.2) is 12.7 Å². The standard InChI is InChI=1S/C14H20N2O3S/c1-11(17)13-10-12(20(18,19)15(2)3)6-7-14(13)16-8-4-5-9-16/h6-7,10H,4-5,8-9H2,1-3H3. The molecule has 1 saturated heterocycles. The van der Waals surface area contributed by atoms with Gasteiger partial charge >= 0.3 is 0 Å². The highest BCUT2D eigenvalue weighted by Crippen LogP contribution is 2.28. The number of hydrogen-bond acceptors (Lipinski definition) is 4. The second-order valence-corrected chi connectivity index (χ2v) is 7.37. The molecule has 0 spiro atoms. The zero-order valence-electron chi connectivity index (χ0n) is 12.1. The van der Waals surface area contributed by atoms with Gasteiger partial charge in [0.25, 0.3) is 0 Å². The second kappa shape index (κ2) is 5.54. The first-order chi connectivity index (χ1) is 9.34. The van der Waals surface area contributed by atoms with Crippen LogP contribution >= 0.6 is 0 Å². The molecule has 0 unspecified atom stereocenters. The topological polar surface area (TPSA) is 57.7 Å². The molecule has 1 aliphatic rings. The zero-order chi connectivity index (χ0) is 14.9. The van der Waals surface area contributed by atoms with Crippen LogP contribution in [0.3, 0.4) is 0 Å². The Labute approximate surface area is 120 Å². The molecule has 0 radical (unpaired) electrons. The molecule has 0 aliphatic carbocycles. The molecule has 1 heterocycles. The molecule has 0 atom stereocenters. The van der Waals surface area contributed by atoms with Crippen LogP contribution in [0.2, 0.25) is 0 Å². The third-order valence-corrected chi connectivity index (χ3v) is 5.38. The Morgan fingerprint density at radius 1 is 1.20 bits per heavy atom. The number of rotatable bonds is 4. The van der Waals surface area contributed by atoms with Crippen molar-refractivity contribution in [3.8, 4) is 0 Å². The highest BCUT2D eigenvalue weighted by molar-refractivity contribution is 7.89. The van der Waals surface area contributed by atoms with Crippen molar-refractivity contribution in [2.45, 2.75) is 24.7 Å². The fourth-order valence-corrected chi connectivity index (χ4v) is 3.33. The van der Waals surface area contributed by atoms with Crippen LogP contribution in [-0.2, 0) is 10.0 Å². The van der Waals surface area contributed by atoms with Crippen molar-refractivity contribution >= 4 is 21.5 Å². The van der Waals surface area contributed by atoms with Crippen LogP contribution in [0.15, 0.2) is 23.1 Å². The summed E-state index contributed by atoms with van der Waals surface area (Å²) in [6, 6.07) is 4.82. The molecule has 0 bridgehead atoms. The largest absolute Gasteiger partial charge is 0.371 e. The van der Waals surface area contributed by atoms with Gasteiger partial charge in [-0.3, -0.25) is 4.79 Å². The van der Waals surface area contributed by atoms with Crippen LogP contribution in [0.5, 0.6) is 0 Å². The van der Waals surface area contributed by atoms with E-state index in [9.17, 15) is 13.2 Å². The number of ketones is 1. The zero-order valence-corrected chi connectivity index (χ0v) is 12.9. The van der Waals surface area contributed by atoms with Crippen molar-refractivity contribution in [3.63, 3.8) is 0 Å². The second-order valence-electron chi connectivity index (χ2n) is 5.22. The summed E-state index contributed by atoms with van der Waals surface area (Å²) in [5.74, 6) is -0.109. The summed E-state index contributed by atoms with van der Waals surface area (Å²) in [6.45, 7) is 3.31. The van der Waals surface area contributed by atoms with Gasteiger partial charge in [-0.2, -0.15) is 0 Å². The van der Waals surface area contributed by atoms with Gasteiger partial charge in [-0.15, -0.1) is 0 Å². The predicted molar refractivity (Wildman–Crippen MR) is 78.8 cm³/mol. The normalized spacial score (nSPS) is 15.9. The van der Waals surface area contributed by atoms with Gasteiger partial charge in [0.05, 0.1) is 4.90 Å². The van der Waals surface area contributed by atoms with Crippen LogP contribution in [0.1, 0.15) is 30.1 Å². The molecule has 0 aromatic heterocycles. The van der Waals surface area contributed by atoms with Crippen molar-refractivity contribution < 1.29 is 13.2 Å². The van der Waals surface area contributed by atoms with Crippen molar-refractivity contribution in [1.29, 1.82) is 0 Å². The Bertz CT molecular complexity index is 617. The number of nitrogens with zero attached hydrogens (tertiary/aromatic N) is 2. The maximum atomic E-state index is 12.1. The molecule has 5 nitrogen and oxygen atoms in total. The van der Waals surface area contributed by atoms with E-state index in [1.807, 2.05) is 0 Å². The first-order valence-corrected chi connectivity index (χ1v) is 8.10. The molecule has 0 saturated carbocycles. The van der Waals surface area contributed by atoms with Crippen LogP contribution in [0.4, 0.5) is 5.69 Å². The molecule has 0 amide bonds. The first kappa shape index (κ1) is 15.0. The third-order valence-electron chi connectivity index (χ3n) is 3.57. The van der Waals surface area contributed by atoms with Gasteiger partial charge in [0.1, 0.15) is 0 Å². The number of carbonyl (C=O) groups is 1. The number of carbonyl (C=O) groups excluding carboxylic acids is 1. The van der Waals surface area contributed by atoms with E-state index >= 15 is 0 Å². The molecule has 1 aliphatic heterocycles. The lowest BCUT2D eigenvalue weighted by atomic mass is 10.1. The molecule has 20 heavy (non-hydrogen) atoms. The summed E-state index contributed by atoms with van der Waals surface area (Å²) < 4.78 is 25.4. The van der Waals surface area contributed by atoms with Crippen LogP contribution in [-0.4, -0.2) is 45.7 Å². The number of benzene rings is 1. The van der Waals surface area contributed by atoms with Crippen molar-refractivity contribution in [1.82, 2.24) is 4.31 Å². The molecule has 6 heteroatoms. The maximum absolute atomic E-state index is 12.1. The van der Waals surface area contributed by atoms with Gasteiger partial charge in [-0.05, 0) is 38.0 Å². The number of hydrogen-bond donors (Lipinski definition) is 0. The lowest BCUT2D eigenvalue weighted by Gasteiger charge is -2.21. The van der Waals surface area contributed by atoms with E-state index in [0.717, 1.165) is 35.9 Å². The average molecular weight is 296 g/mol. The van der Waals surface area contributed by atoms with Gasteiger partial charge in [0.2, 0.25) is 10.0 Å².